The molecular formula is C24H22N2O2. The first-order valence-corrected chi connectivity index (χ1v) is 9.51. The maximum Gasteiger partial charge on any atom is 0.255 e. The van der Waals surface area contributed by atoms with E-state index in [0.717, 1.165) is 23.2 Å². The molecule has 0 spiro atoms. The van der Waals surface area contributed by atoms with Crippen LogP contribution >= 0.6 is 0 Å². The van der Waals surface area contributed by atoms with Gasteiger partial charge in [-0.15, -0.1) is 0 Å². The lowest BCUT2D eigenvalue weighted by molar-refractivity contribution is -0.120. The third kappa shape index (κ3) is 3.41. The molecule has 1 N–H and O–H groups in total. The van der Waals surface area contributed by atoms with E-state index in [9.17, 15) is 9.59 Å². The SMILES string of the molecule is CCc1ccc(NC(=O)[C@H](c2ccccc2)N2Cc3ccccc3C2=O)cc1. The van der Waals surface area contributed by atoms with Crippen LogP contribution in [0.1, 0.15) is 40.0 Å². The Labute approximate surface area is 164 Å². The summed E-state index contributed by atoms with van der Waals surface area (Å²) in [5.41, 5.74) is 4.36. The molecule has 0 unspecified atom stereocenters. The summed E-state index contributed by atoms with van der Waals surface area (Å²) in [6.45, 7) is 2.52. The van der Waals surface area contributed by atoms with Crippen LogP contribution in [0, 0.1) is 0 Å². The molecule has 4 nitrogen and oxygen atoms in total. The summed E-state index contributed by atoms with van der Waals surface area (Å²) < 4.78 is 0. The van der Waals surface area contributed by atoms with Crippen LogP contribution in [0.2, 0.25) is 0 Å². The lowest BCUT2D eigenvalue weighted by Crippen LogP contribution is -2.37. The lowest BCUT2D eigenvalue weighted by atomic mass is 10.0. The minimum absolute atomic E-state index is 0.110. The van der Waals surface area contributed by atoms with E-state index in [-0.39, 0.29) is 11.8 Å². The largest absolute Gasteiger partial charge is 0.324 e. The molecule has 1 heterocycles. The second-order valence-electron chi connectivity index (χ2n) is 6.94. The molecule has 0 bridgehead atoms. The van der Waals surface area contributed by atoms with Gasteiger partial charge in [-0.05, 0) is 41.3 Å². The Balaban J connectivity index is 1.65. The van der Waals surface area contributed by atoms with E-state index in [0.29, 0.717) is 12.1 Å². The van der Waals surface area contributed by atoms with Gasteiger partial charge in [0.25, 0.3) is 11.8 Å². The number of nitrogens with zero attached hydrogens (tertiary/aromatic N) is 1. The summed E-state index contributed by atoms with van der Waals surface area (Å²) in [6, 6.07) is 24.1. The molecule has 4 heteroatoms. The summed E-state index contributed by atoms with van der Waals surface area (Å²) in [4.78, 5) is 27.9. The van der Waals surface area contributed by atoms with Gasteiger partial charge in [-0.3, -0.25) is 9.59 Å². The molecule has 28 heavy (non-hydrogen) atoms. The summed E-state index contributed by atoms with van der Waals surface area (Å²) in [7, 11) is 0. The van der Waals surface area contributed by atoms with Crippen LogP contribution in [0.3, 0.4) is 0 Å². The number of nitrogens with one attached hydrogen (secondary N) is 1. The molecule has 2 amide bonds. The first kappa shape index (κ1) is 18.0. The van der Waals surface area contributed by atoms with Gasteiger partial charge in [-0.2, -0.15) is 0 Å². The van der Waals surface area contributed by atoms with E-state index in [4.69, 9.17) is 0 Å². The fraction of sp³-hybridized carbons (Fsp3) is 0.167. The molecule has 1 aliphatic heterocycles. The van der Waals surface area contributed by atoms with Crippen LogP contribution in [-0.2, 0) is 17.8 Å². The van der Waals surface area contributed by atoms with Crippen LogP contribution in [-0.4, -0.2) is 16.7 Å². The summed E-state index contributed by atoms with van der Waals surface area (Å²) in [5.74, 6) is -0.322. The first-order chi connectivity index (χ1) is 13.7. The third-order valence-electron chi connectivity index (χ3n) is 5.15. The second kappa shape index (κ2) is 7.69. The highest BCUT2D eigenvalue weighted by atomic mass is 16.2. The number of hydrogen-bond acceptors (Lipinski definition) is 2. The number of carbonyl (C=O) groups is 2. The topological polar surface area (TPSA) is 49.4 Å². The average Bonchev–Trinajstić information content (AvgIpc) is 3.06. The van der Waals surface area contributed by atoms with Gasteiger partial charge in [0.2, 0.25) is 0 Å². The standard InChI is InChI=1S/C24H22N2O2/c1-2-17-12-14-20(15-13-17)25-23(27)22(18-8-4-3-5-9-18)26-16-19-10-6-7-11-21(19)24(26)28/h3-15,22H,2,16H2,1H3,(H,25,27)/t22-/m0/s1. The van der Waals surface area contributed by atoms with Crippen molar-refractivity contribution in [1.82, 2.24) is 4.90 Å². The van der Waals surface area contributed by atoms with E-state index in [1.165, 1.54) is 5.56 Å². The fourth-order valence-electron chi connectivity index (χ4n) is 3.63. The number of aryl methyl sites for hydroxylation is 1. The van der Waals surface area contributed by atoms with Gasteiger partial charge in [0.05, 0.1) is 0 Å². The molecule has 3 aromatic carbocycles. The zero-order valence-corrected chi connectivity index (χ0v) is 15.8. The monoisotopic (exact) mass is 370 g/mol. The zero-order chi connectivity index (χ0) is 19.5. The van der Waals surface area contributed by atoms with Crippen molar-refractivity contribution in [3.05, 3.63) is 101 Å². The Hall–Kier alpha value is -3.40. The summed E-state index contributed by atoms with van der Waals surface area (Å²) in [6.07, 6.45) is 0.946. The predicted molar refractivity (Wildman–Crippen MR) is 110 cm³/mol. The van der Waals surface area contributed by atoms with E-state index in [2.05, 4.69) is 12.2 Å². The molecule has 0 aliphatic carbocycles. The van der Waals surface area contributed by atoms with Crippen LogP contribution < -0.4 is 5.32 Å². The smallest absolute Gasteiger partial charge is 0.255 e. The Morgan fingerprint density at radius 2 is 1.64 bits per heavy atom. The molecule has 3 aromatic rings. The third-order valence-corrected chi connectivity index (χ3v) is 5.15. The quantitative estimate of drug-likeness (QED) is 0.714. The average molecular weight is 370 g/mol. The lowest BCUT2D eigenvalue weighted by Gasteiger charge is -2.27. The number of rotatable bonds is 5. The molecule has 0 saturated carbocycles. The van der Waals surface area contributed by atoms with Crippen molar-refractivity contribution in [2.75, 3.05) is 5.32 Å². The van der Waals surface area contributed by atoms with Gasteiger partial charge in [0.15, 0.2) is 0 Å². The zero-order valence-electron chi connectivity index (χ0n) is 15.8. The predicted octanol–water partition coefficient (Wildman–Crippen LogP) is 4.58. The molecule has 1 atom stereocenters. The molecular weight excluding hydrogens is 348 g/mol. The minimum atomic E-state index is -0.688. The Bertz CT molecular complexity index is 997. The van der Waals surface area contributed by atoms with Crippen molar-refractivity contribution in [3.8, 4) is 0 Å². The van der Waals surface area contributed by atoms with Crippen LogP contribution in [0.5, 0.6) is 0 Å². The van der Waals surface area contributed by atoms with Gasteiger partial charge in [-0.25, -0.2) is 0 Å². The van der Waals surface area contributed by atoms with Gasteiger partial charge in [0, 0.05) is 17.8 Å². The highest BCUT2D eigenvalue weighted by Crippen LogP contribution is 2.32. The normalized spacial score (nSPS) is 13.9. The van der Waals surface area contributed by atoms with Gasteiger partial charge >= 0.3 is 0 Å². The number of hydrogen-bond donors (Lipinski definition) is 1. The summed E-state index contributed by atoms with van der Waals surface area (Å²) in [5, 5.41) is 2.98. The first-order valence-electron chi connectivity index (χ1n) is 9.51. The van der Waals surface area contributed by atoms with Crippen molar-refractivity contribution in [2.45, 2.75) is 25.9 Å². The van der Waals surface area contributed by atoms with E-state index in [1.807, 2.05) is 78.9 Å². The molecule has 140 valence electrons. The maximum absolute atomic E-state index is 13.2. The highest BCUT2D eigenvalue weighted by Gasteiger charge is 2.37. The number of benzene rings is 3. The van der Waals surface area contributed by atoms with Gasteiger partial charge < -0.3 is 10.2 Å². The molecule has 0 saturated heterocycles. The summed E-state index contributed by atoms with van der Waals surface area (Å²) >= 11 is 0. The fourth-order valence-corrected chi connectivity index (χ4v) is 3.63. The van der Waals surface area contributed by atoms with E-state index in [1.54, 1.807) is 4.90 Å². The molecule has 0 fully saturated rings. The van der Waals surface area contributed by atoms with Crippen LogP contribution in [0.15, 0.2) is 78.9 Å². The molecule has 1 aliphatic rings. The van der Waals surface area contributed by atoms with E-state index < -0.39 is 6.04 Å². The Kier molecular flexibility index (Phi) is 4.94. The number of anilines is 1. The molecule has 0 aromatic heterocycles. The van der Waals surface area contributed by atoms with Gasteiger partial charge in [-0.1, -0.05) is 67.6 Å². The number of fused-ring (bicyclic) bond motifs is 1. The van der Waals surface area contributed by atoms with Crippen molar-refractivity contribution < 1.29 is 9.59 Å². The molecule has 0 radical (unpaired) electrons. The van der Waals surface area contributed by atoms with Gasteiger partial charge in [0.1, 0.15) is 6.04 Å². The highest BCUT2D eigenvalue weighted by molar-refractivity contribution is 6.03. The maximum atomic E-state index is 13.2. The van der Waals surface area contributed by atoms with Crippen LogP contribution in [0.4, 0.5) is 5.69 Å². The minimum Gasteiger partial charge on any atom is -0.324 e. The number of amides is 2. The Morgan fingerprint density at radius 3 is 2.32 bits per heavy atom. The van der Waals surface area contributed by atoms with Crippen molar-refractivity contribution in [1.29, 1.82) is 0 Å². The van der Waals surface area contributed by atoms with Crippen molar-refractivity contribution in [2.24, 2.45) is 0 Å². The number of carbonyl (C=O) groups excluding carboxylic acids is 2. The molecule has 4 rings (SSSR count). The van der Waals surface area contributed by atoms with Crippen molar-refractivity contribution in [3.63, 3.8) is 0 Å². The van der Waals surface area contributed by atoms with E-state index >= 15 is 0 Å². The van der Waals surface area contributed by atoms with Crippen molar-refractivity contribution >= 4 is 17.5 Å². The Morgan fingerprint density at radius 1 is 0.964 bits per heavy atom. The van der Waals surface area contributed by atoms with Crippen LogP contribution in [0.25, 0.3) is 0 Å². The second-order valence-corrected chi connectivity index (χ2v) is 6.94.